The summed E-state index contributed by atoms with van der Waals surface area (Å²) in [7, 11) is 3.72. The van der Waals surface area contributed by atoms with Crippen LogP contribution in [-0.2, 0) is 23.9 Å². The van der Waals surface area contributed by atoms with E-state index in [0.29, 0.717) is 11.3 Å². The van der Waals surface area contributed by atoms with E-state index in [0.717, 1.165) is 20.3 Å². The van der Waals surface area contributed by atoms with Gasteiger partial charge in [0.25, 0.3) is 0 Å². The normalized spacial score (nSPS) is 10.5. The number of methoxy groups -OCH3 is 3. The predicted octanol–water partition coefficient (Wildman–Crippen LogP) is 1.24. The molecular formula is C15H16O6. The smallest absolute Gasteiger partial charge is 0.328 e. The van der Waals surface area contributed by atoms with E-state index in [4.69, 9.17) is 4.74 Å². The molecule has 0 spiro atoms. The van der Waals surface area contributed by atoms with Crippen LogP contribution in [0.2, 0.25) is 0 Å². The quantitative estimate of drug-likeness (QED) is 0.446. The number of ether oxygens (including phenoxy) is 3. The van der Waals surface area contributed by atoms with Crippen molar-refractivity contribution < 1.29 is 28.6 Å². The summed E-state index contributed by atoms with van der Waals surface area (Å²) in [4.78, 5) is 34.9. The summed E-state index contributed by atoms with van der Waals surface area (Å²) in [5.41, 5.74) is 0.691. The number of rotatable bonds is 6. The maximum atomic E-state index is 12.0. The highest BCUT2D eigenvalue weighted by Gasteiger charge is 2.34. The lowest BCUT2D eigenvalue weighted by molar-refractivity contribution is -0.160. The first-order chi connectivity index (χ1) is 10.0. The molecule has 0 bridgehead atoms. The molecule has 0 aliphatic carbocycles. The van der Waals surface area contributed by atoms with Gasteiger partial charge in [0, 0.05) is 0 Å². The van der Waals surface area contributed by atoms with Crippen LogP contribution in [0.15, 0.2) is 30.3 Å². The van der Waals surface area contributed by atoms with E-state index in [9.17, 15) is 14.4 Å². The number of carbonyl (C=O) groups is 3. The first-order valence-corrected chi connectivity index (χ1v) is 6.05. The van der Waals surface area contributed by atoms with Gasteiger partial charge in [-0.1, -0.05) is 18.2 Å². The van der Waals surface area contributed by atoms with Gasteiger partial charge in [0.05, 0.1) is 21.3 Å². The van der Waals surface area contributed by atoms with Crippen LogP contribution < -0.4 is 4.74 Å². The van der Waals surface area contributed by atoms with Crippen molar-refractivity contribution >= 4 is 23.8 Å². The van der Waals surface area contributed by atoms with Crippen LogP contribution in [0.4, 0.5) is 0 Å². The number of allylic oxidation sites excluding steroid dienone is 1. The Kier molecular flexibility index (Phi) is 6.13. The fourth-order valence-corrected chi connectivity index (χ4v) is 1.58. The molecule has 0 heterocycles. The number of ketones is 1. The molecule has 0 radical (unpaired) electrons. The highest BCUT2D eigenvalue weighted by molar-refractivity contribution is 6.19. The molecule has 6 nitrogen and oxygen atoms in total. The van der Waals surface area contributed by atoms with Crippen molar-refractivity contribution in [3.63, 3.8) is 0 Å². The number of benzene rings is 1. The third kappa shape index (κ3) is 4.45. The summed E-state index contributed by atoms with van der Waals surface area (Å²) in [6.45, 7) is 0. The second kappa shape index (κ2) is 7.84. The van der Waals surface area contributed by atoms with Crippen molar-refractivity contribution in [2.75, 3.05) is 21.3 Å². The lowest BCUT2D eigenvalue weighted by Crippen LogP contribution is -2.32. The minimum atomic E-state index is -1.61. The molecule has 0 amide bonds. The van der Waals surface area contributed by atoms with Gasteiger partial charge in [-0.2, -0.15) is 0 Å². The molecule has 0 aliphatic rings. The Balaban J connectivity index is 2.92. The van der Waals surface area contributed by atoms with E-state index >= 15 is 0 Å². The average Bonchev–Trinajstić information content (AvgIpc) is 2.52. The molecule has 0 saturated carbocycles. The summed E-state index contributed by atoms with van der Waals surface area (Å²) in [6, 6.07) is 6.96. The van der Waals surface area contributed by atoms with Crippen LogP contribution in [0.3, 0.4) is 0 Å². The number of esters is 2. The molecule has 0 atom stereocenters. The Bertz CT molecular complexity index is 545. The summed E-state index contributed by atoms with van der Waals surface area (Å²) in [5, 5.41) is 0. The minimum absolute atomic E-state index is 0.627. The molecular weight excluding hydrogens is 276 g/mol. The summed E-state index contributed by atoms with van der Waals surface area (Å²) >= 11 is 0. The van der Waals surface area contributed by atoms with Crippen LogP contribution in [-0.4, -0.2) is 39.1 Å². The van der Waals surface area contributed by atoms with Gasteiger partial charge in [0.2, 0.25) is 5.92 Å². The molecule has 1 aromatic carbocycles. The zero-order valence-electron chi connectivity index (χ0n) is 12.0. The van der Waals surface area contributed by atoms with Gasteiger partial charge in [-0.15, -0.1) is 0 Å². The SMILES string of the molecule is COC(=O)C(C(=O)/C=C\c1cccc(OC)c1)C(=O)OC. The first-order valence-electron chi connectivity index (χ1n) is 6.05. The van der Waals surface area contributed by atoms with Crippen LogP contribution >= 0.6 is 0 Å². The maximum absolute atomic E-state index is 12.0. The second-order valence-corrected chi connectivity index (χ2v) is 3.99. The predicted molar refractivity (Wildman–Crippen MR) is 74.6 cm³/mol. The Hall–Kier alpha value is -2.63. The largest absolute Gasteiger partial charge is 0.497 e. The molecule has 1 rings (SSSR count). The van der Waals surface area contributed by atoms with Gasteiger partial charge in [0.1, 0.15) is 5.75 Å². The van der Waals surface area contributed by atoms with E-state index in [2.05, 4.69) is 9.47 Å². The van der Waals surface area contributed by atoms with Crippen molar-refractivity contribution in [1.82, 2.24) is 0 Å². The maximum Gasteiger partial charge on any atom is 0.328 e. The van der Waals surface area contributed by atoms with E-state index in [-0.39, 0.29) is 0 Å². The zero-order valence-corrected chi connectivity index (χ0v) is 12.0. The third-order valence-electron chi connectivity index (χ3n) is 2.69. The molecule has 0 fully saturated rings. The third-order valence-corrected chi connectivity index (χ3v) is 2.69. The van der Waals surface area contributed by atoms with Crippen LogP contribution in [0, 0.1) is 5.92 Å². The van der Waals surface area contributed by atoms with Crippen molar-refractivity contribution in [2.24, 2.45) is 5.92 Å². The van der Waals surface area contributed by atoms with E-state index in [1.54, 1.807) is 24.3 Å². The highest BCUT2D eigenvalue weighted by Crippen LogP contribution is 2.14. The number of hydrogen-bond acceptors (Lipinski definition) is 6. The monoisotopic (exact) mass is 292 g/mol. The molecule has 112 valence electrons. The Morgan fingerprint density at radius 2 is 1.67 bits per heavy atom. The van der Waals surface area contributed by atoms with E-state index < -0.39 is 23.6 Å². The van der Waals surface area contributed by atoms with Crippen molar-refractivity contribution in [3.8, 4) is 5.75 Å². The molecule has 21 heavy (non-hydrogen) atoms. The van der Waals surface area contributed by atoms with Crippen molar-refractivity contribution in [3.05, 3.63) is 35.9 Å². The van der Waals surface area contributed by atoms with Crippen LogP contribution in [0.25, 0.3) is 6.08 Å². The van der Waals surface area contributed by atoms with Crippen molar-refractivity contribution in [2.45, 2.75) is 0 Å². The lowest BCUT2D eigenvalue weighted by Gasteiger charge is -2.08. The van der Waals surface area contributed by atoms with Gasteiger partial charge in [-0.05, 0) is 23.8 Å². The summed E-state index contributed by atoms with van der Waals surface area (Å²) in [5.74, 6) is -3.61. The van der Waals surface area contributed by atoms with Gasteiger partial charge in [-0.3, -0.25) is 14.4 Å². The molecule has 1 aromatic rings. The molecule has 0 saturated heterocycles. The van der Waals surface area contributed by atoms with E-state index in [1.165, 1.54) is 13.2 Å². The van der Waals surface area contributed by atoms with Gasteiger partial charge >= 0.3 is 11.9 Å². The topological polar surface area (TPSA) is 78.9 Å². The first kappa shape index (κ1) is 16.4. The molecule has 0 aliphatic heterocycles. The average molecular weight is 292 g/mol. The standard InChI is InChI=1S/C15H16O6/c1-19-11-6-4-5-10(9-11)7-8-12(16)13(14(17)20-2)15(18)21-3/h4-9,13H,1-3H3/b8-7-. The molecule has 0 aromatic heterocycles. The minimum Gasteiger partial charge on any atom is -0.497 e. The summed E-state index contributed by atoms with van der Waals surface area (Å²) in [6.07, 6.45) is 2.61. The Morgan fingerprint density at radius 3 is 2.19 bits per heavy atom. The molecule has 6 heteroatoms. The summed E-state index contributed by atoms with van der Waals surface area (Å²) < 4.78 is 13.9. The molecule has 0 unspecified atom stereocenters. The van der Waals surface area contributed by atoms with E-state index in [1.807, 2.05) is 0 Å². The highest BCUT2D eigenvalue weighted by atomic mass is 16.5. The number of carbonyl (C=O) groups excluding carboxylic acids is 3. The van der Waals surface area contributed by atoms with Crippen LogP contribution in [0.5, 0.6) is 5.75 Å². The zero-order chi connectivity index (χ0) is 15.8. The van der Waals surface area contributed by atoms with Gasteiger partial charge in [0.15, 0.2) is 5.78 Å². The van der Waals surface area contributed by atoms with Gasteiger partial charge < -0.3 is 14.2 Å². The molecule has 0 N–H and O–H groups in total. The number of hydrogen-bond donors (Lipinski definition) is 0. The second-order valence-electron chi connectivity index (χ2n) is 3.99. The lowest BCUT2D eigenvalue weighted by atomic mass is 10.0. The fraction of sp³-hybridized carbons (Fsp3) is 0.267. The Labute approximate surface area is 122 Å². The Morgan fingerprint density at radius 1 is 1.05 bits per heavy atom. The van der Waals surface area contributed by atoms with Gasteiger partial charge in [-0.25, -0.2) is 0 Å². The van der Waals surface area contributed by atoms with Crippen LogP contribution in [0.1, 0.15) is 5.56 Å². The van der Waals surface area contributed by atoms with Crippen molar-refractivity contribution in [1.29, 1.82) is 0 Å². The fourth-order valence-electron chi connectivity index (χ4n) is 1.58.